The topological polar surface area (TPSA) is 143 Å². The summed E-state index contributed by atoms with van der Waals surface area (Å²) in [6.45, 7) is 11.7. The van der Waals surface area contributed by atoms with Gasteiger partial charge in [0.15, 0.2) is 0 Å². The molecule has 4 amide bonds. The number of anilines is 2. The van der Waals surface area contributed by atoms with Crippen molar-refractivity contribution in [2.45, 2.75) is 90.5 Å². The third-order valence-corrected chi connectivity index (χ3v) is 6.75. The number of amides is 4. The van der Waals surface area contributed by atoms with Gasteiger partial charge in [0.2, 0.25) is 11.8 Å². The fraction of sp³-hybridized carbons (Fsp3) is 0.500. The highest BCUT2D eigenvalue weighted by Gasteiger charge is 2.38. The first-order valence-electron chi connectivity index (χ1n) is 14.7. The van der Waals surface area contributed by atoms with Crippen molar-refractivity contribution in [3.8, 4) is 11.8 Å². The Labute approximate surface area is 257 Å². The van der Waals surface area contributed by atoms with Crippen molar-refractivity contribution in [3.05, 3.63) is 47.8 Å². The van der Waals surface area contributed by atoms with Crippen LogP contribution in [0.25, 0.3) is 0 Å². The van der Waals surface area contributed by atoms with Gasteiger partial charge >= 0.3 is 12.2 Å². The summed E-state index contributed by atoms with van der Waals surface area (Å²) in [6.07, 6.45) is 4.62. The summed E-state index contributed by atoms with van der Waals surface area (Å²) in [6, 6.07) is 5.53. The quantitative estimate of drug-likeness (QED) is 0.484. The molecule has 2 aliphatic rings. The predicted octanol–water partition coefficient (Wildman–Crippen LogP) is 4.55. The maximum absolute atomic E-state index is 12.9. The zero-order valence-electron chi connectivity index (χ0n) is 26.1. The molecule has 0 radical (unpaired) electrons. The zero-order chi connectivity index (χ0) is 32.1. The molecule has 0 aromatic carbocycles. The largest absolute Gasteiger partial charge is 0.444 e. The third kappa shape index (κ3) is 8.92. The van der Waals surface area contributed by atoms with Gasteiger partial charge in [0.1, 0.15) is 34.9 Å². The van der Waals surface area contributed by atoms with E-state index < -0.39 is 35.5 Å². The van der Waals surface area contributed by atoms with E-state index in [1.807, 2.05) is 0 Å². The number of pyridine rings is 2. The number of carbonyl (C=O) groups excluding carboxylic acids is 4. The Hall–Kier alpha value is -4.66. The van der Waals surface area contributed by atoms with Crippen molar-refractivity contribution < 1.29 is 28.7 Å². The van der Waals surface area contributed by atoms with Gasteiger partial charge < -0.3 is 20.1 Å². The molecule has 4 rings (SSSR count). The number of likely N-dealkylation sites (tertiary alicyclic amines) is 2. The number of hydrogen-bond donors (Lipinski definition) is 2. The molecular formula is C32H40N6O6. The molecule has 2 aliphatic heterocycles. The zero-order valence-corrected chi connectivity index (χ0v) is 26.1. The number of rotatable bonds is 4. The Morgan fingerprint density at radius 1 is 0.705 bits per heavy atom. The molecule has 2 N–H and O–H groups in total. The minimum atomic E-state index is -0.644. The summed E-state index contributed by atoms with van der Waals surface area (Å²) in [7, 11) is 0. The maximum atomic E-state index is 12.9. The van der Waals surface area contributed by atoms with Gasteiger partial charge in [0, 0.05) is 36.6 Å². The molecule has 0 aliphatic carbocycles. The van der Waals surface area contributed by atoms with Crippen LogP contribution in [0.3, 0.4) is 0 Å². The highest BCUT2D eigenvalue weighted by atomic mass is 16.6. The van der Waals surface area contributed by atoms with Crippen LogP contribution in [0.1, 0.15) is 78.4 Å². The van der Waals surface area contributed by atoms with Crippen molar-refractivity contribution >= 4 is 35.6 Å². The van der Waals surface area contributed by atoms with Crippen molar-refractivity contribution in [2.75, 3.05) is 23.7 Å². The van der Waals surface area contributed by atoms with Gasteiger partial charge in [-0.3, -0.25) is 19.4 Å². The first-order chi connectivity index (χ1) is 20.7. The van der Waals surface area contributed by atoms with Gasteiger partial charge in [-0.25, -0.2) is 19.6 Å². The lowest BCUT2D eigenvalue weighted by Crippen LogP contribution is -2.45. The highest BCUT2D eigenvalue weighted by Crippen LogP contribution is 2.23. The number of carbonyl (C=O) groups is 4. The number of aromatic nitrogens is 2. The van der Waals surface area contributed by atoms with Gasteiger partial charge in [-0.2, -0.15) is 0 Å². The monoisotopic (exact) mass is 604 g/mol. The van der Waals surface area contributed by atoms with Crippen molar-refractivity contribution in [3.63, 3.8) is 0 Å². The van der Waals surface area contributed by atoms with Crippen LogP contribution in [0.2, 0.25) is 0 Å². The molecule has 0 unspecified atom stereocenters. The molecule has 0 saturated carbocycles. The summed E-state index contributed by atoms with van der Waals surface area (Å²) in [5, 5.41) is 5.54. The molecule has 2 fully saturated rings. The smallest absolute Gasteiger partial charge is 0.410 e. The van der Waals surface area contributed by atoms with Crippen molar-refractivity contribution in [1.82, 2.24) is 19.8 Å². The number of nitrogens with zero attached hydrogens (tertiary/aromatic N) is 4. The fourth-order valence-electron chi connectivity index (χ4n) is 4.80. The lowest BCUT2D eigenvalue weighted by molar-refractivity contribution is -0.121. The van der Waals surface area contributed by atoms with Crippen LogP contribution in [0.15, 0.2) is 36.7 Å². The summed E-state index contributed by atoms with van der Waals surface area (Å²) in [5.74, 6) is 6.08. The summed E-state index contributed by atoms with van der Waals surface area (Å²) in [5.41, 5.74) is -0.0370. The minimum Gasteiger partial charge on any atom is -0.444 e. The van der Waals surface area contributed by atoms with Crippen LogP contribution in [0, 0.1) is 11.8 Å². The molecule has 12 heteroatoms. The second kappa shape index (κ2) is 13.3. The van der Waals surface area contributed by atoms with E-state index >= 15 is 0 Å². The normalized spacial score (nSPS) is 18.2. The SMILES string of the molecule is CC(C)(C)OC(=O)N1CCC[C@H]1C(=O)Nc1ccc(C#Cc2ccc(NC(=O)[C@@H]3CCCN3C(=O)OC(C)(C)C)nc2)cn1. The molecule has 12 nitrogen and oxygen atoms in total. The number of nitrogens with one attached hydrogen (secondary N) is 2. The molecule has 4 heterocycles. The molecule has 2 aromatic heterocycles. The van der Waals surface area contributed by atoms with E-state index in [1.54, 1.807) is 78.2 Å². The van der Waals surface area contributed by atoms with E-state index in [2.05, 4.69) is 32.4 Å². The second-order valence-corrected chi connectivity index (χ2v) is 12.8. The van der Waals surface area contributed by atoms with Crippen LogP contribution < -0.4 is 10.6 Å². The third-order valence-electron chi connectivity index (χ3n) is 6.75. The maximum Gasteiger partial charge on any atom is 0.410 e. The summed E-state index contributed by atoms with van der Waals surface area (Å²) in [4.78, 5) is 62.2. The van der Waals surface area contributed by atoms with Crippen LogP contribution in [0.5, 0.6) is 0 Å². The lowest BCUT2D eigenvalue weighted by Gasteiger charge is -2.27. The highest BCUT2D eigenvalue weighted by molar-refractivity contribution is 5.97. The Morgan fingerprint density at radius 3 is 1.41 bits per heavy atom. The molecule has 0 spiro atoms. The standard InChI is InChI=1S/C32H40N6O6/c1-31(2,3)43-29(41)37-17-7-9-23(37)27(39)35-25-15-13-21(19-33-25)11-12-22-14-16-26(34-20-22)36-28(40)24-10-8-18-38(24)30(42)44-32(4,5)6/h13-16,19-20,23-24H,7-10,17-18H2,1-6H3,(H,33,35,39)(H,34,36,40)/t23-,24-/m0/s1. The predicted molar refractivity (Wildman–Crippen MR) is 164 cm³/mol. The lowest BCUT2D eigenvalue weighted by atomic mass is 10.2. The minimum absolute atomic E-state index is 0.316. The van der Waals surface area contributed by atoms with Gasteiger partial charge in [-0.05, 0) is 91.5 Å². The Morgan fingerprint density at radius 2 is 1.09 bits per heavy atom. The van der Waals surface area contributed by atoms with Crippen molar-refractivity contribution in [1.29, 1.82) is 0 Å². The van der Waals surface area contributed by atoms with Crippen LogP contribution in [-0.2, 0) is 19.1 Å². The van der Waals surface area contributed by atoms with Crippen LogP contribution >= 0.6 is 0 Å². The number of ether oxygens (including phenoxy) is 2. The summed E-state index contributed by atoms with van der Waals surface area (Å²) >= 11 is 0. The van der Waals surface area contributed by atoms with E-state index in [9.17, 15) is 19.2 Å². The molecule has 2 atom stereocenters. The Bertz CT molecular complexity index is 1330. The van der Waals surface area contributed by atoms with E-state index in [4.69, 9.17) is 9.47 Å². The molecule has 44 heavy (non-hydrogen) atoms. The molecular weight excluding hydrogens is 564 g/mol. The van der Waals surface area contributed by atoms with Gasteiger partial charge in [0.05, 0.1) is 0 Å². The summed E-state index contributed by atoms with van der Waals surface area (Å²) < 4.78 is 10.9. The average molecular weight is 605 g/mol. The molecule has 0 bridgehead atoms. The Kier molecular flexibility index (Phi) is 9.77. The van der Waals surface area contributed by atoms with Gasteiger partial charge in [-0.1, -0.05) is 11.8 Å². The average Bonchev–Trinajstić information content (AvgIpc) is 3.62. The molecule has 234 valence electrons. The molecule has 2 saturated heterocycles. The second-order valence-electron chi connectivity index (χ2n) is 12.8. The van der Waals surface area contributed by atoms with Crippen molar-refractivity contribution in [2.24, 2.45) is 0 Å². The van der Waals surface area contributed by atoms with E-state index in [1.165, 1.54) is 9.80 Å². The van der Waals surface area contributed by atoms with Crippen LogP contribution in [-0.4, -0.2) is 80.1 Å². The van der Waals surface area contributed by atoms with E-state index in [-0.39, 0.29) is 11.8 Å². The van der Waals surface area contributed by atoms with E-state index in [0.29, 0.717) is 61.5 Å². The number of hydrogen-bond acceptors (Lipinski definition) is 8. The first kappa shape index (κ1) is 32.3. The van der Waals surface area contributed by atoms with Gasteiger partial charge in [-0.15, -0.1) is 0 Å². The van der Waals surface area contributed by atoms with Crippen LogP contribution in [0.4, 0.5) is 21.2 Å². The van der Waals surface area contributed by atoms with E-state index in [0.717, 1.165) is 0 Å². The molecule has 2 aromatic rings. The Balaban J connectivity index is 1.30. The first-order valence-corrected chi connectivity index (χ1v) is 14.7. The fourth-order valence-corrected chi connectivity index (χ4v) is 4.80. The van der Waals surface area contributed by atoms with Gasteiger partial charge in [0.25, 0.3) is 0 Å².